The van der Waals surface area contributed by atoms with Gasteiger partial charge in [0.15, 0.2) is 0 Å². The van der Waals surface area contributed by atoms with Crippen LogP contribution < -0.4 is 0 Å². The summed E-state index contributed by atoms with van der Waals surface area (Å²) in [5, 5.41) is 0. The van der Waals surface area contributed by atoms with Crippen molar-refractivity contribution in [3.05, 3.63) is 35.9 Å². The van der Waals surface area contributed by atoms with Crippen LogP contribution in [0.4, 0.5) is 0 Å². The van der Waals surface area contributed by atoms with Gasteiger partial charge < -0.3 is 4.79 Å². The molecule has 0 aromatic heterocycles. The molecule has 0 spiro atoms. The van der Waals surface area contributed by atoms with E-state index in [-0.39, 0.29) is 0 Å². The van der Waals surface area contributed by atoms with Crippen LogP contribution in [0.5, 0.6) is 0 Å². The fourth-order valence-corrected chi connectivity index (χ4v) is 1.96. The zero-order chi connectivity index (χ0) is 9.10. The normalized spacial score (nSPS) is 25.5. The molecule has 1 heteroatoms. The summed E-state index contributed by atoms with van der Waals surface area (Å²) in [6.07, 6.45) is 4.11. The van der Waals surface area contributed by atoms with E-state index in [4.69, 9.17) is 0 Å². The predicted molar refractivity (Wildman–Crippen MR) is 52.6 cm³/mol. The molecule has 0 bridgehead atoms. The Balaban J connectivity index is 1.89. The maximum absolute atomic E-state index is 10.2. The fraction of sp³-hybridized carbons (Fsp3) is 0.417. The minimum Gasteiger partial charge on any atom is -0.303 e. The molecule has 0 unspecified atom stereocenters. The Labute approximate surface area is 78.8 Å². The Morgan fingerprint density at radius 1 is 1.31 bits per heavy atom. The van der Waals surface area contributed by atoms with Gasteiger partial charge in [0.05, 0.1) is 0 Å². The number of rotatable bonds is 4. The molecular weight excluding hydrogens is 160 g/mol. The van der Waals surface area contributed by atoms with Crippen molar-refractivity contribution in [1.29, 1.82) is 0 Å². The van der Waals surface area contributed by atoms with Crippen LogP contribution in [0.1, 0.15) is 30.7 Å². The van der Waals surface area contributed by atoms with Crippen molar-refractivity contribution in [3.63, 3.8) is 0 Å². The van der Waals surface area contributed by atoms with Gasteiger partial charge in [-0.3, -0.25) is 0 Å². The lowest BCUT2D eigenvalue weighted by Gasteiger charge is -1.97. The van der Waals surface area contributed by atoms with Gasteiger partial charge in [0.25, 0.3) is 0 Å². The molecule has 1 saturated carbocycles. The topological polar surface area (TPSA) is 17.1 Å². The van der Waals surface area contributed by atoms with Crippen molar-refractivity contribution < 1.29 is 4.79 Å². The number of carbonyl (C=O) groups is 1. The van der Waals surface area contributed by atoms with Gasteiger partial charge in [-0.25, -0.2) is 0 Å². The van der Waals surface area contributed by atoms with Crippen LogP contribution in [-0.4, -0.2) is 6.29 Å². The molecule has 13 heavy (non-hydrogen) atoms. The highest BCUT2D eigenvalue weighted by atomic mass is 16.1. The molecule has 0 heterocycles. The standard InChI is InChI=1S/C12H14O/c13-8-4-7-11-9-12(11)10-5-2-1-3-6-10/h1-3,5-6,8,11-12H,4,7,9H2/t11-,12-/m0/s1. The average molecular weight is 174 g/mol. The van der Waals surface area contributed by atoms with Crippen molar-refractivity contribution >= 4 is 6.29 Å². The fourth-order valence-electron chi connectivity index (χ4n) is 1.96. The monoisotopic (exact) mass is 174 g/mol. The zero-order valence-corrected chi connectivity index (χ0v) is 7.65. The lowest BCUT2D eigenvalue weighted by atomic mass is 10.1. The van der Waals surface area contributed by atoms with Gasteiger partial charge in [-0.2, -0.15) is 0 Å². The largest absolute Gasteiger partial charge is 0.303 e. The Morgan fingerprint density at radius 3 is 2.77 bits per heavy atom. The molecule has 1 aliphatic carbocycles. The quantitative estimate of drug-likeness (QED) is 0.641. The second-order valence-electron chi connectivity index (χ2n) is 3.76. The van der Waals surface area contributed by atoms with E-state index in [2.05, 4.69) is 24.3 Å². The molecule has 0 saturated heterocycles. The molecule has 68 valence electrons. The minimum atomic E-state index is 0.730. The Morgan fingerprint density at radius 2 is 2.08 bits per heavy atom. The second-order valence-corrected chi connectivity index (χ2v) is 3.76. The van der Waals surface area contributed by atoms with Crippen molar-refractivity contribution in [2.75, 3.05) is 0 Å². The molecule has 0 radical (unpaired) electrons. The van der Waals surface area contributed by atoms with Gasteiger partial charge in [-0.05, 0) is 30.2 Å². The lowest BCUT2D eigenvalue weighted by Crippen LogP contribution is -1.84. The Hall–Kier alpha value is -1.11. The van der Waals surface area contributed by atoms with E-state index in [0.717, 1.165) is 31.0 Å². The highest BCUT2D eigenvalue weighted by molar-refractivity contribution is 5.49. The van der Waals surface area contributed by atoms with Crippen molar-refractivity contribution in [2.45, 2.75) is 25.2 Å². The van der Waals surface area contributed by atoms with E-state index < -0.39 is 0 Å². The lowest BCUT2D eigenvalue weighted by molar-refractivity contribution is -0.108. The Kier molecular flexibility index (Phi) is 2.44. The third-order valence-electron chi connectivity index (χ3n) is 2.81. The van der Waals surface area contributed by atoms with Crippen LogP contribution in [0.15, 0.2) is 30.3 Å². The van der Waals surface area contributed by atoms with E-state index >= 15 is 0 Å². The first-order valence-electron chi connectivity index (χ1n) is 4.90. The van der Waals surface area contributed by atoms with Crippen LogP contribution in [0.3, 0.4) is 0 Å². The SMILES string of the molecule is O=CCC[C@H]1C[C@H]1c1ccccc1. The summed E-state index contributed by atoms with van der Waals surface area (Å²) < 4.78 is 0. The molecular formula is C12H14O. The molecule has 1 nitrogen and oxygen atoms in total. The number of hydrogen-bond donors (Lipinski definition) is 0. The van der Waals surface area contributed by atoms with E-state index in [1.54, 1.807) is 0 Å². The van der Waals surface area contributed by atoms with Gasteiger partial charge in [0.2, 0.25) is 0 Å². The summed E-state index contributed by atoms with van der Waals surface area (Å²) in [7, 11) is 0. The maximum atomic E-state index is 10.2. The number of benzene rings is 1. The highest BCUT2D eigenvalue weighted by Gasteiger charge is 2.36. The molecule has 1 aromatic rings. The molecule has 1 aromatic carbocycles. The summed E-state index contributed by atoms with van der Waals surface area (Å²) in [4.78, 5) is 10.2. The van der Waals surface area contributed by atoms with E-state index in [9.17, 15) is 4.79 Å². The maximum Gasteiger partial charge on any atom is 0.120 e. The number of carbonyl (C=O) groups excluding carboxylic acids is 1. The van der Waals surface area contributed by atoms with Gasteiger partial charge in [0.1, 0.15) is 6.29 Å². The summed E-state index contributed by atoms with van der Waals surface area (Å²) in [5.41, 5.74) is 1.44. The first kappa shape index (κ1) is 8.49. The first-order chi connectivity index (χ1) is 6.42. The molecule has 1 fully saturated rings. The smallest absolute Gasteiger partial charge is 0.120 e. The second kappa shape index (κ2) is 3.73. The minimum absolute atomic E-state index is 0.730. The molecule has 0 amide bonds. The third-order valence-corrected chi connectivity index (χ3v) is 2.81. The van der Waals surface area contributed by atoms with E-state index in [0.29, 0.717) is 0 Å². The number of hydrogen-bond acceptors (Lipinski definition) is 1. The molecule has 0 N–H and O–H groups in total. The van der Waals surface area contributed by atoms with E-state index in [1.807, 2.05) is 6.07 Å². The molecule has 0 aliphatic heterocycles. The van der Waals surface area contributed by atoms with Gasteiger partial charge in [-0.1, -0.05) is 30.3 Å². The van der Waals surface area contributed by atoms with Crippen LogP contribution in [0, 0.1) is 5.92 Å². The zero-order valence-electron chi connectivity index (χ0n) is 7.65. The van der Waals surface area contributed by atoms with E-state index in [1.165, 1.54) is 12.0 Å². The van der Waals surface area contributed by atoms with Crippen LogP contribution in [-0.2, 0) is 4.79 Å². The summed E-state index contributed by atoms with van der Waals surface area (Å²) in [6, 6.07) is 10.6. The van der Waals surface area contributed by atoms with Gasteiger partial charge >= 0.3 is 0 Å². The highest BCUT2D eigenvalue weighted by Crippen LogP contribution is 2.49. The van der Waals surface area contributed by atoms with Crippen molar-refractivity contribution in [1.82, 2.24) is 0 Å². The molecule has 1 aliphatic rings. The average Bonchev–Trinajstić information content (AvgIpc) is 2.95. The third kappa shape index (κ3) is 1.97. The van der Waals surface area contributed by atoms with Crippen LogP contribution >= 0.6 is 0 Å². The predicted octanol–water partition coefficient (Wildman–Crippen LogP) is 2.77. The Bertz CT molecular complexity index is 278. The summed E-state index contributed by atoms with van der Waals surface area (Å²) >= 11 is 0. The molecule has 2 rings (SSSR count). The van der Waals surface area contributed by atoms with Gasteiger partial charge in [-0.15, -0.1) is 0 Å². The van der Waals surface area contributed by atoms with Crippen molar-refractivity contribution in [2.24, 2.45) is 5.92 Å². The van der Waals surface area contributed by atoms with Gasteiger partial charge in [0, 0.05) is 6.42 Å². The van der Waals surface area contributed by atoms with Crippen molar-refractivity contribution in [3.8, 4) is 0 Å². The first-order valence-corrected chi connectivity index (χ1v) is 4.90. The summed E-state index contributed by atoms with van der Waals surface area (Å²) in [6.45, 7) is 0. The van der Waals surface area contributed by atoms with Crippen LogP contribution in [0.25, 0.3) is 0 Å². The number of aldehydes is 1. The summed E-state index contributed by atoms with van der Waals surface area (Å²) in [5.74, 6) is 1.51. The molecule has 2 atom stereocenters. The van der Waals surface area contributed by atoms with Crippen LogP contribution in [0.2, 0.25) is 0 Å².